The Morgan fingerprint density at radius 1 is 1.32 bits per heavy atom. The molecule has 0 saturated carbocycles. The molecular formula is C21H23N3O2S2. The number of carbonyl (C=O) groups excluding carboxylic acids is 1. The van der Waals surface area contributed by atoms with Gasteiger partial charge in [0, 0.05) is 10.4 Å². The molecule has 0 saturated heterocycles. The molecule has 1 atom stereocenters. The fourth-order valence-electron chi connectivity index (χ4n) is 3.08. The summed E-state index contributed by atoms with van der Waals surface area (Å²) in [6.45, 7) is 4.06. The van der Waals surface area contributed by atoms with Crippen LogP contribution in [0.4, 0.5) is 5.00 Å². The van der Waals surface area contributed by atoms with E-state index in [1.165, 1.54) is 4.88 Å². The monoisotopic (exact) mass is 413 g/mol. The van der Waals surface area contributed by atoms with Gasteiger partial charge in [-0.15, -0.1) is 11.3 Å². The number of aryl methyl sites for hydroxylation is 1. The Bertz CT molecular complexity index is 913. The van der Waals surface area contributed by atoms with Crippen LogP contribution >= 0.6 is 23.6 Å². The first-order chi connectivity index (χ1) is 13.5. The van der Waals surface area contributed by atoms with Gasteiger partial charge < -0.3 is 10.1 Å². The second-order valence-corrected chi connectivity index (χ2v) is 8.31. The Labute approximate surface area is 174 Å². The molecule has 1 unspecified atom stereocenters. The van der Waals surface area contributed by atoms with Gasteiger partial charge in [-0.05, 0) is 81.1 Å². The Kier molecular flexibility index (Phi) is 6.65. The maximum absolute atomic E-state index is 12.4. The van der Waals surface area contributed by atoms with Crippen LogP contribution in [0.2, 0.25) is 0 Å². The van der Waals surface area contributed by atoms with Crippen LogP contribution in [0, 0.1) is 11.3 Å². The molecular weight excluding hydrogens is 390 g/mol. The molecule has 0 spiro atoms. The number of nitriles is 1. The molecule has 0 radical (unpaired) electrons. The van der Waals surface area contributed by atoms with Crippen LogP contribution in [-0.4, -0.2) is 17.1 Å². The van der Waals surface area contributed by atoms with Gasteiger partial charge in [-0.25, -0.2) is 0 Å². The first kappa shape index (κ1) is 20.3. The quantitative estimate of drug-likeness (QED) is 0.689. The lowest BCUT2D eigenvalue weighted by molar-refractivity contribution is 0.0977. The van der Waals surface area contributed by atoms with Crippen molar-refractivity contribution < 1.29 is 9.53 Å². The molecule has 2 N–H and O–H groups in total. The number of hydrogen-bond donors (Lipinski definition) is 2. The maximum atomic E-state index is 12.4. The van der Waals surface area contributed by atoms with Gasteiger partial charge in [-0.1, -0.05) is 6.92 Å². The van der Waals surface area contributed by atoms with Crippen LogP contribution in [0.3, 0.4) is 0 Å². The summed E-state index contributed by atoms with van der Waals surface area (Å²) in [6.07, 6.45) is 5.23. The van der Waals surface area contributed by atoms with E-state index in [0.29, 0.717) is 11.1 Å². The summed E-state index contributed by atoms with van der Waals surface area (Å²) in [5.41, 5.74) is 2.28. The molecule has 7 heteroatoms. The molecule has 5 nitrogen and oxygen atoms in total. The minimum absolute atomic E-state index is 0.127. The average molecular weight is 414 g/mol. The van der Waals surface area contributed by atoms with Crippen LogP contribution in [0.1, 0.15) is 59.5 Å². The summed E-state index contributed by atoms with van der Waals surface area (Å²) in [4.78, 5) is 13.7. The number of hydrogen-bond acceptors (Lipinski definition) is 5. The van der Waals surface area contributed by atoms with Crippen LogP contribution in [0.25, 0.3) is 0 Å². The highest BCUT2D eigenvalue weighted by Gasteiger charge is 2.21. The number of ether oxygens (including phenoxy) is 1. The van der Waals surface area contributed by atoms with Crippen molar-refractivity contribution in [1.29, 1.82) is 5.26 Å². The Morgan fingerprint density at radius 3 is 2.71 bits per heavy atom. The zero-order valence-electron chi connectivity index (χ0n) is 16.0. The molecule has 146 valence electrons. The first-order valence-electron chi connectivity index (χ1n) is 9.45. The van der Waals surface area contributed by atoms with E-state index < -0.39 is 0 Å². The molecule has 1 aromatic heterocycles. The number of amides is 1. The number of fused-ring (bicyclic) bond motifs is 1. The zero-order valence-corrected chi connectivity index (χ0v) is 17.6. The minimum atomic E-state index is -0.299. The number of carbonyl (C=O) groups is 1. The van der Waals surface area contributed by atoms with Gasteiger partial charge in [0.2, 0.25) is 0 Å². The van der Waals surface area contributed by atoms with Gasteiger partial charge >= 0.3 is 0 Å². The van der Waals surface area contributed by atoms with E-state index in [0.717, 1.165) is 48.4 Å². The summed E-state index contributed by atoms with van der Waals surface area (Å²) >= 11 is 6.85. The predicted octanol–water partition coefficient (Wildman–Crippen LogP) is 4.80. The first-order valence-corrected chi connectivity index (χ1v) is 10.7. The van der Waals surface area contributed by atoms with Crippen molar-refractivity contribution in [3.05, 3.63) is 45.8 Å². The van der Waals surface area contributed by atoms with Gasteiger partial charge in [0.1, 0.15) is 16.8 Å². The van der Waals surface area contributed by atoms with Crippen molar-refractivity contribution in [3.63, 3.8) is 0 Å². The normalized spacial score (nSPS) is 13.8. The van der Waals surface area contributed by atoms with Gasteiger partial charge in [-0.3, -0.25) is 10.1 Å². The van der Waals surface area contributed by atoms with Gasteiger partial charge in [0.05, 0.1) is 11.7 Å². The SMILES string of the molecule is CCC(C)Oc1ccc(C(=O)NC(=S)Nc2sc3c(c2C#N)CCCC3)cc1. The van der Waals surface area contributed by atoms with Crippen LogP contribution in [0.5, 0.6) is 5.75 Å². The van der Waals surface area contributed by atoms with Crippen molar-refractivity contribution in [2.24, 2.45) is 0 Å². The largest absolute Gasteiger partial charge is 0.491 e. The van der Waals surface area contributed by atoms with Crippen LogP contribution < -0.4 is 15.4 Å². The van der Waals surface area contributed by atoms with E-state index in [1.807, 2.05) is 6.92 Å². The summed E-state index contributed by atoms with van der Waals surface area (Å²) in [5, 5.41) is 16.2. The average Bonchev–Trinajstić information content (AvgIpc) is 3.04. The van der Waals surface area contributed by atoms with Crippen molar-refractivity contribution >= 4 is 39.6 Å². The van der Waals surface area contributed by atoms with Gasteiger partial charge in [0.25, 0.3) is 5.91 Å². The predicted molar refractivity (Wildman–Crippen MR) is 116 cm³/mol. The van der Waals surface area contributed by atoms with E-state index in [-0.39, 0.29) is 17.1 Å². The van der Waals surface area contributed by atoms with E-state index in [4.69, 9.17) is 17.0 Å². The number of anilines is 1. The number of nitrogens with zero attached hydrogens (tertiary/aromatic N) is 1. The fraction of sp³-hybridized carbons (Fsp3) is 0.381. The molecule has 1 aromatic carbocycles. The fourth-order valence-corrected chi connectivity index (χ4v) is 4.59. The molecule has 0 fully saturated rings. The van der Waals surface area contributed by atoms with Gasteiger partial charge in [0.15, 0.2) is 5.11 Å². The third-order valence-corrected chi connectivity index (χ3v) is 6.18. The molecule has 0 bridgehead atoms. The Balaban J connectivity index is 1.63. The molecule has 1 aliphatic rings. The number of thiophene rings is 1. The summed E-state index contributed by atoms with van der Waals surface area (Å²) in [6, 6.07) is 9.25. The Hall–Kier alpha value is -2.43. The second kappa shape index (κ2) is 9.18. The molecule has 3 rings (SSSR count). The summed E-state index contributed by atoms with van der Waals surface area (Å²) in [5.74, 6) is 0.432. The third kappa shape index (κ3) is 4.70. The molecule has 28 heavy (non-hydrogen) atoms. The highest BCUT2D eigenvalue weighted by atomic mass is 32.1. The summed E-state index contributed by atoms with van der Waals surface area (Å²) in [7, 11) is 0. The molecule has 0 aliphatic heterocycles. The van der Waals surface area contributed by atoms with Crippen molar-refractivity contribution in [1.82, 2.24) is 5.32 Å². The lowest BCUT2D eigenvalue weighted by Crippen LogP contribution is -2.34. The number of nitrogens with one attached hydrogen (secondary N) is 2. The van der Waals surface area contributed by atoms with Crippen LogP contribution in [-0.2, 0) is 12.8 Å². The molecule has 1 heterocycles. The number of thiocarbonyl (C=S) groups is 1. The van der Waals surface area contributed by atoms with Crippen molar-refractivity contribution in [2.45, 2.75) is 52.1 Å². The maximum Gasteiger partial charge on any atom is 0.257 e. The Morgan fingerprint density at radius 2 is 2.04 bits per heavy atom. The van der Waals surface area contributed by atoms with E-state index in [1.54, 1.807) is 35.6 Å². The highest BCUT2D eigenvalue weighted by molar-refractivity contribution is 7.80. The standard InChI is InChI=1S/C21H23N3O2S2/c1-3-13(2)26-15-10-8-14(9-11-15)19(25)23-21(27)24-20-17(12-22)16-6-4-5-7-18(16)28-20/h8-11,13H,3-7H2,1-2H3,(H2,23,24,25,27). The van der Waals surface area contributed by atoms with Crippen LogP contribution in [0.15, 0.2) is 24.3 Å². The van der Waals surface area contributed by atoms with E-state index in [9.17, 15) is 10.1 Å². The molecule has 1 amide bonds. The van der Waals surface area contributed by atoms with Crippen molar-refractivity contribution in [2.75, 3.05) is 5.32 Å². The number of rotatable bonds is 5. The second-order valence-electron chi connectivity index (χ2n) is 6.80. The lowest BCUT2D eigenvalue weighted by atomic mass is 9.96. The topological polar surface area (TPSA) is 74.2 Å². The minimum Gasteiger partial charge on any atom is -0.491 e. The lowest BCUT2D eigenvalue weighted by Gasteiger charge is -2.13. The number of benzene rings is 1. The van der Waals surface area contributed by atoms with Crippen molar-refractivity contribution in [3.8, 4) is 11.8 Å². The van der Waals surface area contributed by atoms with E-state index >= 15 is 0 Å². The smallest absolute Gasteiger partial charge is 0.257 e. The summed E-state index contributed by atoms with van der Waals surface area (Å²) < 4.78 is 5.72. The zero-order chi connectivity index (χ0) is 20.1. The molecule has 1 aliphatic carbocycles. The van der Waals surface area contributed by atoms with E-state index in [2.05, 4.69) is 23.6 Å². The highest BCUT2D eigenvalue weighted by Crippen LogP contribution is 2.37. The van der Waals surface area contributed by atoms with Gasteiger partial charge in [-0.2, -0.15) is 5.26 Å². The molecule has 2 aromatic rings. The third-order valence-electron chi connectivity index (χ3n) is 4.77.